The van der Waals surface area contributed by atoms with Gasteiger partial charge in [0.2, 0.25) is 0 Å². The summed E-state index contributed by atoms with van der Waals surface area (Å²) in [6, 6.07) is 11.2. The highest BCUT2D eigenvalue weighted by Gasteiger charge is 2.63. The molecule has 0 heterocycles. The SMILES string of the molecule is CC(=O)O[C@@]1(CC#N)CC[C@H]2[C@@H]3CCC4=C/C(=N\OC(=O)c5ccccc5)CCC4=C3CC[C@@]21C. The number of carbonyl (C=O) groups is 2. The number of benzene rings is 1. The van der Waals surface area contributed by atoms with Crippen LogP contribution >= 0.6 is 0 Å². The number of ether oxygens (including phenoxy) is 1. The molecule has 0 aliphatic heterocycles. The first kappa shape index (κ1) is 23.5. The lowest BCUT2D eigenvalue weighted by atomic mass is 9.54. The summed E-state index contributed by atoms with van der Waals surface area (Å²) in [6.45, 7) is 3.71. The molecule has 2 saturated carbocycles. The van der Waals surface area contributed by atoms with Gasteiger partial charge >= 0.3 is 11.9 Å². The zero-order chi connectivity index (χ0) is 24.6. The normalized spacial score (nSPS) is 32.6. The number of allylic oxidation sites excluding steroid dienone is 4. The van der Waals surface area contributed by atoms with Gasteiger partial charge in [0.25, 0.3) is 0 Å². The molecule has 1 aromatic carbocycles. The van der Waals surface area contributed by atoms with Crippen LogP contribution in [0.25, 0.3) is 0 Å². The van der Waals surface area contributed by atoms with Crippen LogP contribution in [0.3, 0.4) is 0 Å². The average molecular weight is 473 g/mol. The second-order valence-corrected chi connectivity index (χ2v) is 10.6. The molecule has 0 amide bonds. The molecule has 0 spiro atoms. The molecule has 4 aliphatic rings. The molecule has 0 unspecified atom stereocenters. The molecule has 35 heavy (non-hydrogen) atoms. The summed E-state index contributed by atoms with van der Waals surface area (Å²) in [6.07, 6.45) is 9.76. The molecule has 0 bridgehead atoms. The Kier molecular flexibility index (Phi) is 6.13. The van der Waals surface area contributed by atoms with Gasteiger partial charge in [-0.25, -0.2) is 4.79 Å². The van der Waals surface area contributed by atoms with E-state index in [4.69, 9.17) is 9.57 Å². The fraction of sp³-hybridized carbons (Fsp3) is 0.517. The molecule has 5 rings (SSSR count). The van der Waals surface area contributed by atoms with Crippen molar-refractivity contribution >= 4 is 17.7 Å². The number of fused-ring (bicyclic) bond motifs is 4. The van der Waals surface area contributed by atoms with Crippen LogP contribution in [0.5, 0.6) is 0 Å². The standard InChI is InChI=1S/C29H32N2O4/c1-19(32)34-29(16-17-30)15-13-26-25-10-8-21-18-22(31-35-27(33)20-6-4-3-5-7-20)9-11-23(21)24(25)12-14-28(26,29)2/h3-7,18,25-26H,8-16H2,1-2H3/b31-22-/t25-,26+,28+,29-/m1/s1. The van der Waals surface area contributed by atoms with Crippen molar-refractivity contribution in [3.63, 3.8) is 0 Å². The summed E-state index contributed by atoms with van der Waals surface area (Å²) in [4.78, 5) is 29.5. The van der Waals surface area contributed by atoms with Gasteiger partial charge in [0.1, 0.15) is 5.60 Å². The average Bonchev–Trinajstić information content (AvgIpc) is 3.14. The first-order valence-electron chi connectivity index (χ1n) is 12.7. The van der Waals surface area contributed by atoms with Crippen molar-refractivity contribution in [1.29, 1.82) is 5.26 Å². The van der Waals surface area contributed by atoms with Gasteiger partial charge in [-0.2, -0.15) is 5.26 Å². The van der Waals surface area contributed by atoms with Gasteiger partial charge in [-0.3, -0.25) is 4.79 Å². The van der Waals surface area contributed by atoms with Crippen molar-refractivity contribution in [3.05, 3.63) is 58.7 Å². The Labute approximate surface area is 206 Å². The third kappa shape index (κ3) is 4.01. The van der Waals surface area contributed by atoms with E-state index < -0.39 is 11.6 Å². The predicted octanol–water partition coefficient (Wildman–Crippen LogP) is 6.05. The van der Waals surface area contributed by atoms with Crippen molar-refractivity contribution in [1.82, 2.24) is 0 Å². The molecule has 6 nitrogen and oxygen atoms in total. The van der Waals surface area contributed by atoms with Crippen molar-refractivity contribution in [2.24, 2.45) is 22.4 Å². The molecule has 2 fully saturated rings. The monoisotopic (exact) mass is 472 g/mol. The van der Waals surface area contributed by atoms with Crippen LogP contribution in [0.1, 0.15) is 82.0 Å². The molecule has 0 radical (unpaired) electrons. The van der Waals surface area contributed by atoms with Gasteiger partial charge in [-0.1, -0.05) is 35.9 Å². The highest BCUT2D eigenvalue weighted by molar-refractivity contribution is 5.98. The molecule has 6 heteroatoms. The van der Waals surface area contributed by atoms with Gasteiger partial charge in [0, 0.05) is 12.3 Å². The predicted molar refractivity (Wildman–Crippen MR) is 131 cm³/mol. The summed E-state index contributed by atoms with van der Waals surface area (Å²) in [5.74, 6) is 0.180. The fourth-order valence-electron chi connectivity index (χ4n) is 7.33. The van der Waals surface area contributed by atoms with Crippen LogP contribution in [-0.2, 0) is 14.4 Å². The minimum atomic E-state index is -0.667. The van der Waals surface area contributed by atoms with E-state index in [1.807, 2.05) is 6.07 Å². The minimum absolute atomic E-state index is 0.169. The molecule has 0 N–H and O–H groups in total. The highest BCUT2D eigenvalue weighted by Crippen LogP contribution is 2.65. The Morgan fingerprint density at radius 2 is 1.91 bits per heavy atom. The van der Waals surface area contributed by atoms with E-state index in [9.17, 15) is 14.9 Å². The maximum Gasteiger partial charge on any atom is 0.365 e. The molecule has 4 atom stereocenters. The van der Waals surface area contributed by atoms with Crippen molar-refractivity contribution in [2.75, 3.05) is 0 Å². The number of carbonyl (C=O) groups excluding carboxylic acids is 2. The number of esters is 1. The van der Waals surface area contributed by atoms with Gasteiger partial charge in [-0.05, 0) is 92.6 Å². The maximum absolute atomic E-state index is 12.2. The molecule has 182 valence electrons. The van der Waals surface area contributed by atoms with Crippen LogP contribution in [0.2, 0.25) is 0 Å². The number of rotatable bonds is 4. The molecular formula is C29H32N2O4. The van der Waals surface area contributed by atoms with Crippen molar-refractivity contribution < 1.29 is 19.2 Å². The topological polar surface area (TPSA) is 88.8 Å². The lowest BCUT2D eigenvalue weighted by Crippen LogP contribution is -2.51. The Bertz CT molecular complexity index is 1170. The van der Waals surface area contributed by atoms with E-state index in [0.717, 1.165) is 57.1 Å². The van der Waals surface area contributed by atoms with E-state index in [1.54, 1.807) is 29.8 Å². The summed E-state index contributed by atoms with van der Waals surface area (Å²) in [7, 11) is 0. The van der Waals surface area contributed by atoms with Crippen LogP contribution in [0.15, 0.2) is 58.3 Å². The molecular weight excluding hydrogens is 440 g/mol. The number of nitrogens with zero attached hydrogens (tertiary/aromatic N) is 2. The lowest BCUT2D eigenvalue weighted by molar-refractivity contribution is -0.174. The van der Waals surface area contributed by atoms with E-state index in [0.29, 0.717) is 17.4 Å². The summed E-state index contributed by atoms with van der Waals surface area (Å²) in [5.41, 5.74) is 4.81. The largest absolute Gasteiger partial charge is 0.458 e. The lowest BCUT2D eigenvalue weighted by Gasteiger charge is -2.52. The number of oxime groups is 1. The molecule has 1 aromatic rings. The quantitative estimate of drug-likeness (QED) is 0.302. The van der Waals surface area contributed by atoms with E-state index in [2.05, 4.69) is 24.2 Å². The first-order valence-corrected chi connectivity index (χ1v) is 12.7. The zero-order valence-corrected chi connectivity index (χ0v) is 20.5. The maximum atomic E-state index is 12.2. The highest BCUT2D eigenvalue weighted by atomic mass is 16.7. The fourth-order valence-corrected chi connectivity index (χ4v) is 7.33. The third-order valence-corrected chi connectivity index (χ3v) is 9.00. The van der Waals surface area contributed by atoms with E-state index >= 15 is 0 Å². The van der Waals surface area contributed by atoms with Crippen LogP contribution < -0.4 is 0 Å². The van der Waals surface area contributed by atoms with Crippen molar-refractivity contribution in [3.8, 4) is 6.07 Å². The minimum Gasteiger partial charge on any atom is -0.458 e. The first-order chi connectivity index (χ1) is 16.9. The van der Waals surface area contributed by atoms with Gasteiger partial charge in [0.15, 0.2) is 0 Å². The number of nitriles is 1. The third-order valence-electron chi connectivity index (χ3n) is 9.00. The summed E-state index contributed by atoms with van der Waals surface area (Å²) in [5, 5.41) is 13.7. The van der Waals surface area contributed by atoms with Crippen LogP contribution in [0.4, 0.5) is 0 Å². The smallest absolute Gasteiger partial charge is 0.365 e. The Hall–Kier alpha value is -3.20. The number of hydrogen-bond donors (Lipinski definition) is 0. The second kappa shape index (κ2) is 9.11. The summed E-state index contributed by atoms with van der Waals surface area (Å²) >= 11 is 0. The Balaban J connectivity index is 1.37. The Morgan fingerprint density at radius 1 is 1.11 bits per heavy atom. The van der Waals surface area contributed by atoms with Crippen LogP contribution in [-0.4, -0.2) is 23.3 Å². The van der Waals surface area contributed by atoms with E-state index in [1.165, 1.54) is 18.1 Å². The summed E-state index contributed by atoms with van der Waals surface area (Å²) < 4.78 is 5.94. The van der Waals surface area contributed by atoms with Crippen molar-refractivity contribution in [2.45, 2.75) is 77.2 Å². The second-order valence-electron chi connectivity index (χ2n) is 10.6. The van der Waals surface area contributed by atoms with Gasteiger partial charge in [0.05, 0.1) is 23.8 Å². The zero-order valence-electron chi connectivity index (χ0n) is 20.5. The van der Waals surface area contributed by atoms with E-state index in [-0.39, 0.29) is 17.8 Å². The van der Waals surface area contributed by atoms with Crippen LogP contribution in [0, 0.1) is 28.6 Å². The number of hydrogen-bond acceptors (Lipinski definition) is 6. The molecule has 0 aromatic heterocycles. The van der Waals surface area contributed by atoms with Gasteiger partial charge in [-0.15, -0.1) is 0 Å². The molecule has 0 saturated heterocycles. The Morgan fingerprint density at radius 3 is 2.66 bits per heavy atom. The molecule has 4 aliphatic carbocycles. The van der Waals surface area contributed by atoms with Gasteiger partial charge < -0.3 is 9.57 Å².